The fraction of sp³-hybridized carbons (Fsp3) is 0.391. The summed E-state index contributed by atoms with van der Waals surface area (Å²) in [6.45, 7) is 0.220. The van der Waals surface area contributed by atoms with Crippen molar-refractivity contribution < 1.29 is 18.3 Å². The van der Waals surface area contributed by atoms with Crippen LogP contribution in [0, 0.1) is 33.8 Å². The molecule has 2 bridgehead atoms. The van der Waals surface area contributed by atoms with E-state index in [0.717, 1.165) is 0 Å². The standard InChI is InChI=1S/C23H21F2N5O2/c24-17-5-15(6-18(25)16(17)8-27)19-3-4-29-30(19)21(31)23-10-22(11-23,12-23)13-32-20-2-1-14(7-26)9-28-20/h1-2,4-6,9,19H,3,8,10-13,27H2. The van der Waals surface area contributed by atoms with Crippen LogP contribution in [-0.4, -0.2) is 28.7 Å². The number of aromatic nitrogens is 1. The summed E-state index contributed by atoms with van der Waals surface area (Å²) in [4.78, 5) is 17.4. The van der Waals surface area contributed by atoms with Gasteiger partial charge >= 0.3 is 0 Å². The van der Waals surface area contributed by atoms with Crippen molar-refractivity contribution in [2.45, 2.75) is 38.3 Å². The molecule has 1 atom stereocenters. The number of benzene rings is 1. The summed E-state index contributed by atoms with van der Waals surface area (Å²) in [7, 11) is 0. The van der Waals surface area contributed by atoms with Crippen molar-refractivity contribution in [2.75, 3.05) is 6.61 Å². The van der Waals surface area contributed by atoms with Crippen molar-refractivity contribution in [3.05, 3.63) is 58.8 Å². The Morgan fingerprint density at radius 1 is 1.28 bits per heavy atom. The number of amides is 1. The average molecular weight is 437 g/mol. The zero-order valence-electron chi connectivity index (χ0n) is 17.2. The van der Waals surface area contributed by atoms with Gasteiger partial charge in [0.15, 0.2) is 0 Å². The molecule has 1 aliphatic heterocycles. The van der Waals surface area contributed by atoms with Gasteiger partial charge in [0.2, 0.25) is 11.8 Å². The summed E-state index contributed by atoms with van der Waals surface area (Å²) in [5.41, 5.74) is 5.53. The molecule has 0 radical (unpaired) electrons. The first-order chi connectivity index (χ1) is 15.4. The minimum absolute atomic E-state index is 0.0643. The van der Waals surface area contributed by atoms with E-state index in [4.69, 9.17) is 15.7 Å². The number of hydrogen-bond acceptors (Lipinski definition) is 6. The van der Waals surface area contributed by atoms with E-state index in [9.17, 15) is 13.6 Å². The second-order valence-electron chi connectivity index (χ2n) is 8.96. The molecular formula is C23H21F2N5O2. The van der Waals surface area contributed by atoms with Gasteiger partial charge < -0.3 is 10.5 Å². The smallest absolute Gasteiger partial charge is 0.249 e. The number of hydrogen-bond donors (Lipinski definition) is 1. The second-order valence-corrected chi connectivity index (χ2v) is 8.96. The predicted molar refractivity (Wildman–Crippen MR) is 110 cm³/mol. The average Bonchev–Trinajstić information content (AvgIpc) is 3.22. The third-order valence-electron chi connectivity index (χ3n) is 6.78. The van der Waals surface area contributed by atoms with E-state index in [2.05, 4.69) is 10.1 Å². The van der Waals surface area contributed by atoms with Gasteiger partial charge in [0.1, 0.15) is 17.7 Å². The fourth-order valence-corrected chi connectivity index (χ4v) is 5.28. The zero-order chi connectivity index (χ0) is 22.5. The summed E-state index contributed by atoms with van der Waals surface area (Å²) in [5.74, 6) is -1.08. The summed E-state index contributed by atoms with van der Waals surface area (Å²) < 4.78 is 34.2. The van der Waals surface area contributed by atoms with E-state index < -0.39 is 23.1 Å². The third kappa shape index (κ3) is 3.14. The molecule has 1 amide bonds. The third-order valence-corrected chi connectivity index (χ3v) is 6.78. The molecule has 32 heavy (non-hydrogen) atoms. The molecule has 1 aromatic carbocycles. The number of nitrogens with two attached hydrogens (primary N) is 1. The van der Waals surface area contributed by atoms with Gasteiger partial charge in [-0.3, -0.25) is 4.79 Å². The van der Waals surface area contributed by atoms with Crippen molar-refractivity contribution in [2.24, 2.45) is 21.7 Å². The van der Waals surface area contributed by atoms with Crippen LogP contribution in [0.3, 0.4) is 0 Å². The lowest BCUT2D eigenvalue weighted by molar-refractivity contribution is -0.227. The molecule has 3 fully saturated rings. The Bertz CT molecular complexity index is 1120. The molecule has 2 aromatic rings. The molecule has 4 aliphatic rings. The number of pyridine rings is 1. The van der Waals surface area contributed by atoms with Crippen LogP contribution in [0.2, 0.25) is 0 Å². The van der Waals surface area contributed by atoms with Gasteiger partial charge in [-0.25, -0.2) is 18.8 Å². The minimum atomic E-state index is -0.708. The Morgan fingerprint density at radius 3 is 2.59 bits per heavy atom. The van der Waals surface area contributed by atoms with Crippen LogP contribution in [-0.2, 0) is 11.3 Å². The van der Waals surface area contributed by atoms with Gasteiger partial charge in [-0.2, -0.15) is 10.4 Å². The van der Waals surface area contributed by atoms with Gasteiger partial charge in [0.05, 0.1) is 23.6 Å². The van der Waals surface area contributed by atoms with E-state index in [0.29, 0.717) is 49.3 Å². The molecular weight excluding hydrogens is 416 g/mol. The molecule has 3 saturated carbocycles. The summed E-state index contributed by atoms with van der Waals surface area (Å²) >= 11 is 0. The minimum Gasteiger partial charge on any atom is -0.477 e. The van der Waals surface area contributed by atoms with Gasteiger partial charge in [-0.15, -0.1) is 0 Å². The Balaban J connectivity index is 1.23. The van der Waals surface area contributed by atoms with Crippen molar-refractivity contribution in [3.63, 3.8) is 0 Å². The maximum absolute atomic E-state index is 14.2. The van der Waals surface area contributed by atoms with Crippen molar-refractivity contribution in [1.82, 2.24) is 9.99 Å². The molecule has 7 nitrogen and oxygen atoms in total. The van der Waals surface area contributed by atoms with E-state index in [1.54, 1.807) is 18.3 Å². The van der Waals surface area contributed by atoms with E-state index >= 15 is 0 Å². The molecule has 0 saturated heterocycles. The second kappa shape index (κ2) is 7.35. The highest BCUT2D eigenvalue weighted by atomic mass is 19.1. The largest absolute Gasteiger partial charge is 0.477 e. The number of ether oxygens (including phenoxy) is 1. The highest BCUT2D eigenvalue weighted by Gasteiger charge is 2.73. The number of halogens is 2. The van der Waals surface area contributed by atoms with E-state index in [-0.39, 0.29) is 23.4 Å². The van der Waals surface area contributed by atoms with Crippen molar-refractivity contribution in [1.29, 1.82) is 5.26 Å². The number of nitriles is 1. The van der Waals surface area contributed by atoms with Gasteiger partial charge in [0, 0.05) is 42.4 Å². The molecule has 1 unspecified atom stereocenters. The molecule has 6 rings (SSSR count). The van der Waals surface area contributed by atoms with Gasteiger partial charge in [0.25, 0.3) is 0 Å². The topological polar surface area (TPSA) is 105 Å². The number of carbonyl (C=O) groups is 1. The molecule has 0 spiro atoms. The van der Waals surface area contributed by atoms with Crippen LogP contribution in [0.5, 0.6) is 5.88 Å². The van der Waals surface area contributed by atoms with Gasteiger partial charge in [-0.1, -0.05) is 0 Å². The van der Waals surface area contributed by atoms with Crippen LogP contribution in [0.4, 0.5) is 8.78 Å². The first kappa shape index (κ1) is 20.5. The van der Waals surface area contributed by atoms with Crippen molar-refractivity contribution in [3.8, 4) is 11.9 Å². The number of rotatable bonds is 6. The lowest BCUT2D eigenvalue weighted by atomic mass is 9.35. The first-order valence-corrected chi connectivity index (χ1v) is 10.4. The molecule has 3 aliphatic carbocycles. The van der Waals surface area contributed by atoms with Crippen LogP contribution in [0.25, 0.3) is 0 Å². The summed E-state index contributed by atoms with van der Waals surface area (Å²) in [5, 5.41) is 14.4. The monoisotopic (exact) mass is 437 g/mol. The van der Waals surface area contributed by atoms with Crippen LogP contribution < -0.4 is 10.5 Å². The molecule has 9 heteroatoms. The summed E-state index contributed by atoms with van der Waals surface area (Å²) in [6.07, 6.45) is 5.52. The number of nitrogens with zero attached hydrogens (tertiary/aromatic N) is 4. The zero-order valence-corrected chi connectivity index (χ0v) is 17.2. The number of hydrazone groups is 1. The quantitative estimate of drug-likeness (QED) is 0.747. The predicted octanol–water partition coefficient (Wildman–Crippen LogP) is 3.20. The van der Waals surface area contributed by atoms with Crippen LogP contribution >= 0.6 is 0 Å². The molecule has 2 heterocycles. The Hall–Kier alpha value is -3.38. The van der Waals surface area contributed by atoms with E-state index in [1.807, 2.05) is 6.07 Å². The summed E-state index contributed by atoms with van der Waals surface area (Å²) in [6, 6.07) is 7.27. The molecule has 1 aromatic heterocycles. The Labute approximate surface area is 183 Å². The fourth-order valence-electron chi connectivity index (χ4n) is 5.28. The highest BCUT2D eigenvalue weighted by Crippen LogP contribution is 2.74. The van der Waals surface area contributed by atoms with E-state index in [1.165, 1.54) is 23.3 Å². The lowest BCUT2D eigenvalue weighted by Gasteiger charge is -2.69. The maximum Gasteiger partial charge on any atom is 0.249 e. The normalized spacial score (nSPS) is 27.4. The Morgan fingerprint density at radius 2 is 2.00 bits per heavy atom. The first-order valence-electron chi connectivity index (χ1n) is 10.4. The Kier molecular flexibility index (Phi) is 4.71. The van der Waals surface area contributed by atoms with Gasteiger partial charge in [-0.05, 0) is 43.0 Å². The maximum atomic E-state index is 14.2. The molecule has 164 valence electrons. The number of carbonyl (C=O) groups excluding carboxylic acids is 1. The SMILES string of the molecule is N#Cc1ccc(OCC23CC(C(=O)N4N=CCC4c4cc(F)c(CN)c(F)c4)(C2)C3)nc1. The van der Waals surface area contributed by atoms with Crippen LogP contribution in [0.1, 0.15) is 48.4 Å². The van der Waals surface area contributed by atoms with Crippen LogP contribution in [0.15, 0.2) is 35.6 Å². The van der Waals surface area contributed by atoms with Crippen molar-refractivity contribution >= 4 is 12.1 Å². The molecule has 2 N–H and O–H groups in total. The lowest BCUT2D eigenvalue weighted by Crippen LogP contribution is -2.69. The highest BCUT2D eigenvalue weighted by molar-refractivity contribution is 5.88.